The van der Waals surface area contributed by atoms with Crippen molar-refractivity contribution in [3.8, 4) is 0 Å². The van der Waals surface area contributed by atoms with Crippen molar-refractivity contribution < 1.29 is 24.9 Å². The van der Waals surface area contributed by atoms with Crippen LogP contribution in [0, 0.1) is 46.3 Å². The summed E-state index contributed by atoms with van der Waals surface area (Å²) < 4.78 is 0. The molecular formula is C24H38O5. The summed E-state index contributed by atoms with van der Waals surface area (Å²) in [5.41, 5.74) is 0.159. The van der Waals surface area contributed by atoms with E-state index >= 15 is 0 Å². The Hall–Kier alpha value is -0.940. The molecule has 0 aromatic heterocycles. The van der Waals surface area contributed by atoms with Crippen LogP contribution >= 0.6 is 0 Å². The number of carboxylic acids is 1. The molecule has 0 aromatic rings. The Balaban J connectivity index is 1.57. The molecule has 5 nitrogen and oxygen atoms in total. The molecule has 29 heavy (non-hydrogen) atoms. The third kappa shape index (κ3) is 3.37. The highest BCUT2D eigenvalue weighted by atomic mass is 16.5. The van der Waals surface area contributed by atoms with Crippen LogP contribution in [0.1, 0.15) is 85.0 Å². The zero-order valence-electron chi connectivity index (χ0n) is 18.2. The normalized spacial score (nSPS) is 47.1. The van der Waals surface area contributed by atoms with Crippen LogP contribution in [0.25, 0.3) is 0 Å². The highest BCUT2D eigenvalue weighted by Gasteiger charge is 2.63. The second kappa shape index (κ2) is 7.05. The van der Waals surface area contributed by atoms with E-state index in [0.29, 0.717) is 48.7 Å². The Kier molecular flexibility index (Phi) is 5.18. The molecule has 0 radical (unpaired) electrons. The van der Waals surface area contributed by atoms with Crippen molar-refractivity contribution in [3.63, 3.8) is 0 Å². The maximum absolute atomic E-state index is 13.4. The minimum absolute atomic E-state index is 0.0296. The topological polar surface area (TPSA) is 94.8 Å². The van der Waals surface area contributed by atoms with E-state index in [9.17, 15) is 19.8 Å². The lowest BCUT2D eigenvalue weighted by Crippen LogP contribution is -2.59. The summed E-state index contributed by atoms with van der Waals surface area (Å²) in [6, 6.07) is 0. The van der Waals surface area contributed by atoms with Gasteiger partial charge in [-0.15, -0.1) is 0 Å². The molecule has 0 aliphatic heterocycles. The zero-order chi connectivity index (χ0) is 21.2. The molecule has 0 spiro atoms. The maximum Gasteiger partial charge on any atom is 0.303 e. The molecule has 0 aromatic carbocycles. The quantitative estimate of drug-likeness (QED) is 0.613. The summed E-state index contributed by atoms with van der Waals surface area (Å²) in [5, 5.41) is 29.5. The lowest BCUT2D eigenvalue weighted by molar-refractivity contribution is -0.230. The van der Waals surface area contributed by atoms with Crippen LogP contribution in [0.15, 0.2) is 0 Å². The van der Waals surface area contributed by atoms with Crippen molar-refractivity contribution in [1.82, 2.24) is 0 Å². The molecule has 8 atom stereocenters. The number of aliphatic hydroxyl groups is 2. The van der Waals surface area contributed by atoms with E-state index in [2.05, 4.69) is 20.8 Å². The number of hydrogen-bond donors (Lipinski definition) is 3. The standard InChI is InChI=1S/C24H38O5/c1-14(4-7-20(26)27)16-5-6-17-21-18(8-9-23(16,17)3)22(2)10-11-24(28,29)13-15(22)12-19(21)25/h14-18,21,28-29H,4-13H2,1-3H3,(H,26,27)/t14-,15?,16-,17+,18+,21+,22+,23-/m1/s1. The molecule has 0 saturated heterocycles. The Bertz CT molecular complexity index is 687. The summed E-state index contributed by atoms with van der Waals surface area (Å²) >= 11 is 0. The van der Waals surface area contributed by atoms with Gasteiger partial charge in [-0.05, 0) is 78.9 Å². The highest BCUT2D eigenvalue weighted by Crippen LogP contribution is 2.68. The van der Waals surface area contributed by atoms with Gasteiger partial charge in [0.05, 0.1) is 0 Å². The second-order valence-corrected chi connectivity index (χ2v) is 11.4. The van der Waals surface area contributed by atoms with Gasteiger partial charge < -0.3 is 15.3 Å². The van der Waals surface area contributed by atoms with Gasteiger partial charge in [-0.3, -0.25) is 9.59 Å². The van der Waals surface area contributed by atoms with Crippen LogP contribution in [0.2, 0.25) is 0 Å². The largest absolute Gasteiger partial charge is 0.481 e. The maximum atomic E-state index is 13.4. The SMILES string of the molecule is C[C@H](CCC(=O)O)[C@H]1CC[C@H]2[C@@H]3C(=O)CC4CC(O)(O)CC[C@]4(C)[C@H]3CC[C@]12C. The van der Waals surface area contributed by atoms with Gasteiger partial charge >= 0.3 is 5.97 Å². The van der Waals surface area contributed by atoms with Gasteiger partial charge in [0.25, 0.3) is 0 Å². The zero-order valence-corrected chi connectivity index (χ0v) is 18.2. The van der Waals surface area contributed by atoms with Gasteiger partial charge in [-0.2, -0.15) is 0 Å². The minimum atomic E-state index is -1.61. The summed E-state index contributed by atoms with van der Waals surface area (Å²) in [6.45, 7) is 6.88. The number of carboxylic acid groups (broad SMARTS) is 1. The van der Waals surface area contributed by atoms with Crippen LogP contribution in [-0.4, -0.2) is 32.9 Å². The monoisotopic (exact) mass is 406 g/mol. The van der Waals surface area contributed by atoms with Gasteiger partial charge in [0.15, 0.2) is 5.79 Å². The Morgan fingerprint density at radius 3 is 2.45 bits per heavy atom. The first-order valence-corrected chi connectivity index (χ1v) is 11.7. The summed E-state index contributed by atoms with van der Waals surface area (Å²) in [6.07, 6.45) is 7.32. The summed E-state index contributed by atoms with van der Waals surface area (Å²) in [7, 11) is 0. The molecule has 1 unspecified atom stereocenters. The van der Waals surface area contributed by atoms with E-state index in [1.165, 1.54) is 0 Å². The molecule has 4 aliphatic rings. The molecule has 3 N–H and O–H groups in total. The first-order valence-electron chi connectivity index (χ1n) is 11.7. The van der Waals surface area contributed by atoms with Gasteiger partial charge in [-0.1, -0.05) is 20.8 Å². The predicted molar refractivity (Wildman–Crippen MR) is 109 cm³/mol. The fraction of sp³-hybridized carbons (Fsp3) is 0.917. The van der Waals surface area contributed by atoms with Crippen molar-refractivity contribution in [2.45, 2.75) is 90.8 Å². The molecule has 4 saturated carbocycles. The molecule has 5 heteroatoms. The van der Waals surface area contributed by atoms with Crippen LogP contribution in [0.4, 0.5) is 0 Å². The van der Waals surface area contributed by atoms with Crippen LogP contribution < -0.4 is 0 Å². The highest BCUT2D eigenvalue weighted by molar-refractivity contribution is 5.83. The average Bonchev–Trinajstić information content (AvgIpc) is 2.98. The van der Waals surface area contributed by atoms with Crippen molar-refractivity contribution >= 4 is 11.8 Å². The Morgan fingerprint density at radius 1 is 1.07 bits per heavy atom. The molecule has 4 rings (SSSR count). The Labute approximate surface area is 174 Å². The lowest BCUT2D eigenvalue weighted by Gasteiger charge is -2.61. The lowest BCUT2D eigenvalue weighted by atomic mass is 9.44. The van der Waals surface area contributed by atoms with E-state index in [1.807, 2.05) is 0 Å². The van der Waals surface area contributed by atoms with E-state index < -0.39 is 11.8 Å². The van der Waals surface area contributed by atoms with Gasteiger partial charge in [0.2, 0.25) is 0 Å². The molecule has 4 fully saturated rings. The molecule has 0 heterocycles. The number of hydrogen-bond acceptors (Lipinski definition) is 4. The van der Waals surface area contributed by atoms with Crippen LogP contribution in [0.5, 0.6) is 0 Å². The molecule has 164 valence electrons. The Morgan fingerprint density at radius 2 is 1.76 bits per heavy atom. The van der Waals surface area contributed by atoms with Crippen LogP contribution in [0.3, 0.4) is 0 Å². The number of rotatable bonds is 4. The van der Waals surface area contributed by atoms with Crippen LogP contribution in [-0.2, 0) is 9.59 Å². The fourth-order valence-electron chi connectivity index (χ4n) is 8.43. The minimum Gasteiger partial charge on any atom is -0.481 e. The third-order valence-corrected chi connectivity index (χ3v) is 10.1. The molecular weight excluding hydrogens is 368 g/mol. The fourth-order valence-corrected chi connectivity index (χ4v) is 8.43. The van der Waals surface area contributed by atoms with Crippen molar-refractivity contribution in [1.29, 1.82) is 0 Å². The number of aliphatic carboxylic acids is 1. The third-order valence-electron chi connectivity index (χ3n) is 10.1. The first kappa shape index (κ1) is 21.3. The van der Waals surface area contributed by atoms with Crippen molar-refractivity contribution in [3.05, 3.63) is 0 Å². The van der Waals surface area contributed by atoms with Crippen molar-refractivity contribution in [2.75, 3.05) is 0 Å². The molecule has 0 amide bonds. The first-order chi connectivity index (χ1) is 13.5. The molecule has 4 aliphatic carbocycles. The summed E-state index contributed by atoms with van der Waals surface area (Å²) in [4.78, 5) is 24.4. The number of carbonyl (C=O) groups is 2. The van der Waals surface area contributed by atoms with Gasteiger partial charge in [0, 0.05) is 31.6 Å². The van der Waals surface area contributed by atoms with Crippen molar-refractivity contribution in [2.24, 2.45) is 46.3 Å². The smallest absolute Gasteiger partial charge is 0.303 e. The van der Waals surface area contributed by atoms with E-state index in [1.54, 1.807) is 0 Å². The van der Waals surface area contributed by atoms with Gasteiger partial charge in [-0.25, -0.2) is 0 Å². The number of carbonyl (C=O) groups excluding carboxylic acids is 1. The number of Topliss-reactive ketones (excluding diaryl/α,β-unsaturated/α-hetero) is 1. The summed E-state index contributed by atoms with van der Waals surface area (Å²) in [5.74, 6) is -0.160. The van der Waals surface area contributed by atoms with E-state index in [0.717, 1.165) is 38.5 Å². The number of fused-ring (bicyclic) bond motifs is 5. The molecule has 0 bridgehead atoms. The van der Waals surface area contributed by atoms with E-state index in [4.69, 9.17) is 5.11 Å². The number of ketones is 1. The van der Waals surface area contributed by atoms with E-state index in [-0.39, 0.29) is 29.1 Å². The predicted octanol–water partition coefficient (Wildman–Crippen LogP) is 4.01. The second-order valence-electron chi connectivity index (χ2n) is 11.4. The van der Waals surface area contributed by atoms with Gasteiger partial charge in [0.1, 0.15) is 5.78 Å². The average molecular weight is 407 g/mol.